The number of hydrogen-bond donors (Lipinski definition) is 0. The Labute approximate surface area is 146 Å². The second-order valence-electron chi connectivity index (χ2n) is 5.45. The van der Waals surface area contributed by atoms with E-state index in [2.05, 4.69) is 0 Å². The van der Waals surface area contributed by atoms with E-state index in [1.54, 1.807) is 13.8 Å². The predicted molar refractivity (Wildman–Crippen MR) is 93.5 cm³/mol. The highest BCUT2D eigenvalue weighted by atomic mass is 32.1. The molecular weight excluding hydrogens is 326 g/mol. The fourth-order valence-corrected chi connectivity index (χ4v) is 3.71. The van der Waals surface area contributed by atoms with Crippen LogP contribution in [-0.4, -0.2) is 37.1 Å². The van der Waals surface area contributed by atoms with Crippen molar-refractivity contribution < 1.29 is 19.1 Å². The molecule has 6 heteroatoms. The lowest BCUT2D eigenvalue weighted by Crippen LogP contribution is -2.33. The molecular formula is C18H23NO4S. The predicted octanol–water partition coefficient (Wildman–Crippen LogP) is 3.45. The molecule has 1 aromatic heterocycles. The molecule has 1 aromatic rings. The molecule has 0 saturated carbocycles. The van der Waals surface area contributed by atoms with Crippen molar-refractivity contribution in [2.24, 2.45) is 0 Å². The minimum Gasteiger partial charge on any atom is -0.463 e. The van der Waals surface area contributed by atoms with Gasteiger partial charge in [0, 0.05) is 23.3 Å². The second-order valence-corrected chi connectivity index (χ2v) is 6.43. The molecule has 2 heterocycles. The van der Waals surface area contributed by atoms with Gasteiger partial charge in [0.25, 0.3) is 0 Å². The van der Waals surface area contributed by atoms with Gasteiger partial charge in [-0.3, -0.25) is 0 Å². The van der Waals surface area contributed by atoms with Crippen molar-refractivity contribution in [2.75, 3.05) is 20.3 Å². The van der Waals surface area contributed by atoms with Crippen LogP contribution in [0.2, 0.25) is 0 Å². The van der Waals surface area contributed by atoms with Crippen molar-refractivity contribution in [2.45, 2.75) is 33.6 Å². The zero-order valence-corrected chi connectivity index (χ0v) is 15.5. The maximum absolute atomic E-state index is 12.6. The van der Waals surface area contributed by atoms with Gasteiger partial charge >= 0.3 is 11.9 Å². The zero-order valence-electron chi connectivity index (χ0n) is 14.7. The zero-order chi connectivity index (χ0) is 17.9. The van der Waals surface area contributed by atoms with E-state index in [4.69, 9.17) is 9.47 Å². The summed E-state index contributed by atoms with van der Waals surface area (Å²) in [4.78, 5) is 28.0. The maximum Gasteiger partial charge on any atom is 0.336 e. The lowest BCUT2D eigenvalue weighted by Gasteiger charge is -2.35. The third kappa shape index (κ3) is 3.24. The second kappa shape index (κ2) is 7.66. The summed E-state index contributed by atoms with van der Waals surface area (Å²) in [5.41, 5.74) is 2.57. The van der Waals surface area contributed by atoms with Crippen molar-refractivity contribution in [3.63, 3.8) is 0 Å². The number of esters is 2. The Balaban J connectivity index is 2.64. The summed E-state index contributed by atoms with van der Waals surface area (Å²) in [6, 6.07) is 3.84. The largest absolute Gasteiger partial charge is 0.463 e. The smallest absolute Gasteiger partial charge is 0.336 e. The highest BCUT2D eigenvalue weighted by molar-refractivity contribution is 7.10. The molecule has 1 aliphatic rings. The Kier molecular flexibility index (Phi) is 5.83. The van der Waals surface area contributed by atoms with Gasteiger partial charge in [-0.1, -0.05) is 6.07 Å². The lowest BCUT2D eigenvalue weighted by molar-refractivity contribution is -0.139. The first-order valence-corrected chi connectivity index (χ1v) is 8.84. The van der Waals surface area contributed by atoms with Gasteiger partial charge < -0.3 is 14.4 Å². The molecule has 0 aliphatic carbocycles. The number of allylic oxidation sites excluding steroid dienone is 2. The first-order chi connectivity index (χ1) is 11.4. The molecule has 0 amide bonds. The van der Waals surface area contributed by atoms with Crippen LogP contribution in [0.1, 0.15) is 38.5 Å². The quantitative estimate of drug-likeness (QED) is 0.762. The number of nitrogens with zero attached hydrogens (tertiary/aromatic N) is 1. The molecule has 2 rings (SSSR count). The standard InChI is InChI=1S/C18H23NO4S/c1-6-22-17(20)14-11(3)19(5)12(4)15(18(21)23-7-2)16(14)13-9-8-10-24-13/h8-10,16H,6-7H2,1-5H3. The van der Waals surface area contributed by atoms with Crippen molar-refractivity contribution in [3.8, 4) is 0 Å². The van der Waals surface area contributed by atoms with E-state index in [0.29, 0.717) is 11.1 Å². The summed E-state index contributed by atoms with van der Waals surface area (Å²) >= 11 is 1.51. The topological polar surface area (TPSA) is 55.8 Å². The van der Waals surface area contributed by atoms with E-state index in [1.807, 2.05) is 43.3 Å². The van der Waals surface area contributed by atoms with Gasteiger partial charge in [0.05, 0.1) is 30.3 Å². The Morgan fingerprint density at radius 3 is 1.96 bits per heavy atom. The van der Waals surface area contributed by atoms with E-state index >= 15 is 0 Å². The number of rotatable bonds is 5. The number of carbonyl (C=O) groups excluding carboxylic acids is 2. The summed E-state index contributed by atoms with van der Waals surface area (Å²) in [7, 11) is 1.84. The minimum atomic E-state index is -0.459. The van der Waals surface area contributed by atoms with Crippen LogP contribution in [0.5, 0.6) is 0 Å². The van der Waals surface area contributed by atoms with Crippen molar-refractivity contribution >= 4 is 23.3 Å². The summed E-state index contributed by atoms with van der Waals surface area (Å²) in [6.45, 7) is 7.86. The van der Waals surface area contributed by atoms with Crippen LogP contribution in [0.15, 0.2) is 40.1 Å². The van der Waals surface area contributed by atoms with Crippen LogP contribution in [0.25, 0.3) is 0 Å². The highest BCUT2D eigenvalue weighted by Crippen LogP contribution is 2.43. The average Bonchev–Trinajstić information content (AvgIpc) is 3.06. The molecule has 0 atom stereocenters. The Morgan fingerprint density at radius 1 is 1.08 bits per heavy atom. The average molecular weight is 349 g/mol. The molecule has 0 spiro atoms. The van der Waals surface area contributed by atoms with Gasteiger partial charge in [-0.05, 0) is 39.1 Å². The molecule has 0 saturated heterocycles. The van der Waals surface area contributed by atoms with Crippen molar-refractivity contribution in [1.82, 2.24) is 4.90 Å². The fourth-order valence-electron chi connectivity index (χ4n) is 2.86. The molecule has 0 aromatic carbocycles. The Hall–Kier alpha value is -2.08. The fraction of sp³-hybridized carbons (Fsp3) is 0.444. The van der Waals surface area contributed by atoms with E-state index in [1.165, 1.54) is 11.3 Å². The van der Waals surface area contributed by atoms with Gasteiger partial charge in [-0.2, -0.15) is 0 Å². The van der Waals surface area contributed by atoms with E-state index in [-0.39, 0.29) is 13.2 Å². The van der Waals surface area contributed by atoms with E-state index < -0.39 is 17.9 Å². The van der Waals surface area contributed by atoms with Crippen LogP contribution < -0.4 is 0 Å². The first kappa shape index (κ1) is 18.3. The molecule has 24 heavy (non-hydrogen) atoms. The summed E-state index contributed by atoms with van der Waals surface area (Å²) < 4.78 is 10.5. The van der Waals surface area contributed by atoms with Crippen LogP contribution in [0.3, 0.4) is 0 Å². The van der Waals surface area contributed by atoms with Gasteiger partial charge in [0.2, 0.25) is 0 Å². The number of hydrogen-bond acceptors (Lipinski definition) is 6. The summed E-state index contributed by atoms with van der Waals surface area (Å²) in [6.07, 6.45) is 0. The third-order valence-electron chi connectivity index (χ3n) is 4.18. The minimum absolute atomic E-state index is 0.286. The normalized spacial score (nSPS) is 15.8. The molecule has 0 unspecified atom stereocenters. The SMILES string of the molecule is CCOC(=O)C1=C(C)N(C)C(C)=C(C(=O)OCC)C1c1cccs1. The van der Waals surface area contributed by atoms with E-state index in [0.717, 1.165) is 16.3 Å². The van der Waals surface area contributed by atoms with Crippen LogP contribution in [0.4, 0.5) is 0 Å². The molecule has 1 aliphatic heterocycles. The number of thiophene rings is 1. The molecule has 130 valence electrons. The van der Waals surface area contributed by atoms with Gasteiger partial charge in [0.1, 0.15) is 0 Å². The Bertz CT molecular complexity index is 646. The third-order valence-corrected chi connectivity index (χ3v) is 5.12. The van der Waals surface area contributed by atoms with Gasteiger partial charge in [0.15, 0.2) is 0 Å². The summed E-state index contributed by atoms with van der Waals surface area (Å²) in [5.74, 6) is -1.25. The molecule has 0 radical (unpaired) electrons. The maximum atomic E-state index is 12.6. The number of ether oxygens (including phenoxy) is 2. The summed E-state index contributed by atoms with van der Waals surface area (Å²) in [5, 5.41) is 1.93. The molecule has 0 fully saturated rings. The van der Waals surface area contributed by atoms with Crippen molar-refractivity contribution in [3.05, 3.63) is 44.9 Å². The van der Waals surface area contributed by atoms with Gasteiger partial charge in [-0.15, -0.1) is 11.3 Å². The number of carbonyl (C=O) groups is 2. The van der Waals surface area contributed by atoms with Crippen LogP contribution in [0, 0.1) is 0 Å². The Morgan fingerprint density at radius 2 is 1.58 bits per heavy atom. The van der Waals surface area contributed by atoms with E-state index in [9.17, 15) is 9.59 Å². The highest BCUT2D eigenvalue weighted by Gasteiger charge is 2.40. The van der Waals surface area contributed by atoms with Gasteiger partial charge in [-0.25, -0.2) is 9.59 Å². The first-order valence-electron chi connectivity index (χ1n) is 7.96. The lowest BCUT2D eigenvalue weighted by atomic mass is 9.83. The molecule has 5 nitrogen and oxygen atoms in total. The molecule has 0 N–H and O–H groups in total. The van der Waals surface area contributed by atoms with Crippen LogP contribution >= 0.6 is 11.3 Å². The van der Waals surface area contributed by atoms with Crippen LogP contribution in [-0.2, 0) is 19.1 Å². The van der Waals surface area contributed by atoms with Crippen molar-refractivity contribution in [1.29, 1.82) is 0 Å². The monoisotopic (exact) mass is 349 g/mol. The molecule has 0 bridgehead atoms.